The van der Waals surface area contributed by atoms with Crippen molar-refractivity contribution < 1.29 is 9.59 Å². The standard InChI is InChI=1S/C16H25N3O3/c1-6-19(7-2)15(21)12-9-13(16(22)18(5)10-12)17-14(20)8-11(3)4/h9-11H,6-8H2,1-5H3,(H,17,20). The van der Waals surface area contributed by atoms with Crippen molar-refractivity contribution in [3.8, 4) is 0 Å². The summed E-state index contributed by atoms with van der Waals surface area (Å²) in [5, 5.41) is 2.61. The monoisotopic (exact) mass is 307 g/mol. The van der Waals surface area contributed by atoms with Gasteiger partial charge in [-0.1, -0.05) is 13.8 Å². The molecule has 0 unspecified atom stereocenters. The highest BCUT2D eigenvalue weighted by Crippen LogP contribution is 2.10. The van der Waals surface area contributed by atoms with E-state index in [1.165, 1.54) is 16.8 Å². The Kier molecular flexibility index (Phi) is 6.34. The second-order valence-electron chi connectivity index (χ2n) is 5.68. The highest BCUT2D eigenvalue weighted by molar-refractivity contribution is 5.96. The van der Waals surface area contributed by atoms with Gasteiger partial charge in [0, 0.05) is 32.8 Å². The molecule has 1 aromatic rings. The van der Waals surface area contributed by atoms with Gasteiger partial charge in [-0.2, -0.15) is 0 Å². The summed E-state index contributed by atoms with van der Waals surface area (Å²) in [5.74, 6) is -0.177. The average molecular weight is 307 g/mol. The normalized spacial score (nSPS) is 10.6. The van der Waals surface area contributed by atoms with Crippen molar-refractivity contribution in [2.45, 2.75) is 34.1 Å². The molecule has 0 bridgehead atoms. The van der Waals surface area contributed by atoms with Gasteiger partial charge in [0.05, 0.1) is 5.56 Å². The molecular formula is C16H25N3O3. The topological polar surface area (TPSA) is 71.4 Å². The largest absolute Gasteiger partial charge is 0.339 e. The molecule has 0 aliphatic carbocycles. The number of carbonyl (C=O) groups excluding carboxylic acids is 2. The Bertz CT molecular complexity index is 601. The van der Waals surface area contributed by atoms with Crippen LogP contribution in [0.1, 0.15) is 44.5 Å². The molecule has 0 radical (unpaired) electrons. The molecule has 1 aromatic heterocycles. The zero-order chi connectivity index (χ0) is 16.9. The average Bonchev–Trinajstić information content (AvgIpc) is 2.43. The van der Waals surface area contributed by atoms with Crippen LogP contribution in [-0.2, 0) is 11.8 Å². The number of aryl methyl sites for hydroxylation is 1. The van der Waals surface area contributed by atoms with Gasteiger partial charge in [0.2, 0.25) is 5.91 Å². The molecule has 0 saturated heterocycles. The number of rotatable bonds is 6. The van der Waals surface area contributed by atoms with E-state index in [1.807, 2.05) is 27.7 Å². The van der Waals surface area contributed by atoms with Crippen LogP contribution >= 0.6 is 0 Å². The minimum absolute atomic E-state index is 0.145. The quantitative estimate of drug-likeness (QED) is 0.872. The first-order valence-corrected chi connectivity index (χ1v) is 7.59. The molecule has 6 nitrogen and oxygen atoms in total. The summed E-state index contributed by atoms with van der Waals surface area (Å²) in [7, 11) is 1.57. The van der Waals surface area contributed by atoms with Crippen molar-refractivity contribution in [3.63, 3.8) is 0 Å². The first-order chi connectivity index (χ1) is 10.3. The number of carbonyl (C=O) groups is 2. The van der Waals surface area contributed by atoms with Gasteiger partial charge in [0.15, 0.2) is 0 Å². The van der Waals surface area contributed by atoms with Gasteiger partial charge in [-0.05, 0) is 25.8 Å². The molecule has 0 aliphatic rings. The summed E-state index contributed by atoms with van der Waals surface area (Å²) in [4.78, 5) is 38.0. The van der Waals surface area contributed by atoms with Crippen LogP contribution in [0.15, 0.2) is 17.1 Å². The molecule has 0 saturated carbocycles. The number of pyridine rings is 1. The number of nitrogens with zero attached hydrogens (tertiary/aromatic N) is 2. The lowest BCUT2D eigenvalue weighted by atomic mass is 10.1. The molecule has 0 aliphatic heterocycles. The molecule has 0 aromatic carbocycles. The number of anilines is 1. The third-order valence-corrected chi connectivity index (χ3v) is 3.35. The Balaban J connectivity index is 3.12. The van der Waals surface area contributed by atoms with E-state index in [1.54, 1.807) is 11.9 Å². The number of hydrogen-bond donors (Lipinski definition) is 1. The van der Waals surface area contributed by atoms with Gasteiger partial charge >= 0.3 is 0 Å². The van der Waals surface area contributed by atoms with Crippen LogP contribution < -0.4 is 10.9 Å². The first kappa shape index (κ1) is 17.9. The van der Waals surface area contributed by atoms with Gasteiger partial charge in [0.1, 0.15) is 5.69 Å². The number of nitrogens with one attached hydrogen (secondary N) is 1. The molecule has 22 heavy (non-hydrogen) atoms. The Hall–Kier alpha value is -2.11. The second kappa shape index (κ2) is 7.77. The Morgan fingerprint density at radius 1 is 1.27 bits per heavy atom. The van der Waals surface area contributed by atoms with Gasteiger partial charge in [-0.25, -0.2) is 0 Å². The maximum absolute atomic E-state index is 12.4. The third kappa shape index (κ3) is 4.44. The predicted molar refractivity (Wildman–Crippen MR) is 87.0 cm³/mol. The lowest BCUT2D eigenvalue weighted by Gasteiger charge is -2.19. The maximum atomic E-state index is 12.4. The molecule has 1 rings (SSSR count). The maximum Gasteiger partial charge on any atom is 0.274 e. The van der Waals surface area contributed by atoms with Crippen LogP contribution in [0.25, 0.3) is 0 Å². The lowest BCUT2D eigenvalue weighted by Crippen LogP contribution is -2.32. The highest BCUT2D eigenvalue weighted by atomic mass is 16.2. The Morgan fingerprint density at radius 2 is 1.86 bits per heavy atom. The summed E-state index contributed by atoms with van der Waals surface area (Å²) in [6.07, 6.45) is 1.83. The zero-order valence-corrected chi connectivity index (χ0v) is 14.0. The van der Waals surface area contributed by atoms with Crippen LogP contribution in [0.2, 0.25) is 0 Å². The number of amides is 2. The lowest BCUT2D eigenvalue weighted by molar-refractivity contribution is -0.116. The van der Waals surface area contributed by atoms with Gasteiger partial charge in [-0.3, -0.25) is 14.4 Å². The summed E-state index contributed by atoms with van der Waals surface area (Å²) in [6, 6.07) is 1.46. The van der Waals surface area contributed by atoms with Crippen LogP contribution in [0, 0.1) is 5.92 Å². The minimum atomic E-state index is -0.326. The molecule has 122 valence electrons. The molecule has 6 heteroatoms. The van der Waals surface area contributed by atoms with Gasteiger partial charge in [0.25, 0.3) is 11.5 Å². The Labute approximate surface area is 131 Å². The summed E-state index contributed by atoms with van der Waals surface area (Å²) >= 11 is 0. The van der Waals surface area contributed by atoms with Gasteiger partial charge < -0.3 is 14.8 Å². The zero-order valence-electron chi connectivity index (χ0n) is 14.0. The summed E-state index contributed by atoms with van der Waals surface area (Å²) in [6.45, 7) is 8.83. The third-order valence-electron chi connectivity index (χ3n) is 3.35. The molecule has 1 heterocycles. The summed E-state index contributed by atoms with van der Waals surface area (Å²) < 4.78 is 1.32. The fourth-order valence-corrected chi connectivity index (χ4v) is 2.18. The molecule has 2 amide bonds. The molecular weight excluding hydrogens is 282 g/mol. The van der Waals surface area contributed by atoms with E-state index in [2.05, 4.69) is 5.32 Å². The Morgan fingerprint density at radius 3 is 2.36 bits per heavy atom. The van der Waals surface area contributed by atoms with E-state index >= 15 is 0 Å². The smallest absolute Gasteiger partial charge is 0.274 e. The number of hydrogen-bond acceptors (Lipinski definition) is 3. The molecule has 0 atom stereocenters. The van der Waals surface area contributed by atoms with Crippen molar-refractivity contribution in [2.24, 2.45) is 13.0 Å². The summed E-state index contributed by atoms with van der Waals surface area (Å²) in [5.41, 5.74) is 0.213. The van der Waals surface area contributed by atoms with Crippen LogP contribution in [-0.4, -0.2) is 34.4 Å². The second-order valence-corrected chi connectivity index (χ2v) is 5.68. The van der Waals surface area contributed by atoms with E-state index < -0.39 is 0 Å². The molecule has 1 N–H and O–H groups in total. The van der Waals surface area contributed by atoms with E-state index in [9.17, 15) is 14.4 Å². The van der Waals surface area contributed by atoms with E-state index in [-0.39, 0.29) is 29.0 Å². The van der Waals surface area contributed by atoms with Crippen LogP contribution in [0.3, 0.4) is 0 Å². The predicted octanol–water partition coefficient (Wildman–Crippen LogP) is 1.85. The highest BCUT2D eigenvalue weighted by Gasteiger charge is 2.17. The van der Waals surface area contributed by atoms with Crippen molar-refractivity contribution in [1.82, 2.24) is 9.47 Å². The molecule has 0 fully saturated rings. The van der Waals surface area contributed by atoms with Crippen LogP contribution in [0.4, 0.5) is 5.69 Å². The minimum Gasteiger partial charge on any atom is -0.339 e. The fraction of sp³-hybridized carbons (Fsp3) is 0.562. The van der Waals surface area contributed by atoms with E-state index in [0.29, 0.717) is 25.1 Å². The van der Waals surface area contributed by atoms with Crippen LogP contribution in [0.5, 0.6) is 0 Å². The van der Waals surface area contributed by atoms with E-state index in [4.69, 9.17) is 0 Å². The van der Waals surface area contributed by atoms with Crippen molar-refractivity contribution in [2.75, 3.05) is 18.4 Å². The van der Waals surface area contributed by atoms with E-state index in [0.717, 1.165) is 0 Å². The number of aromatic nitrogens is 1. The van der Waals surface area contributed by atoms with Crippen molar-refractivity contribution in [3.05, 3.63) is 28.2 Å². The van der Waals surface area contributed by atoms with Crippen molar-refractivity contribution >= 4 is 17.5 Å². The molecule has 0 spiro atoms. The van der Waals surface area contributed by atoms with Gasteiger partial charge in [-0.15, -0.1) is 0 Å². The first-order valence-electron chi connectivity index (χ1n) is 7.59. The fourth-order valence-electron chi connectivity index (χ4n) is 2.18. The van der Waals surface area contributed by atoms with Crippen molar-refractivity contribution in [1.29, 1.82) is 0 Å². The SMILES string of the molecule is CCN(CC)C(=O)c1cc(NC(=O)CC(C)C)c(=O)n(C)c1.